The Hall–Kier alpha value is -1.53. The molecule has 2 aromatic rings. The number of halogens is 1. The average Bonchev–Trinajstić information content (AvgIpc) is 2.54. The Morgan fingerprint density at radius 3 is 1.54 bits per heavy atom. The molecule has 2 aromatic carbocycles. The van der Waals surface area contributed by atoms with E-state index in [1.807, 2.05) is 34.6 Å². The zero-order valence-corrected chi connectivity index (χ0v) is 18.1. The maximum atomic E-state index is 12.8. The molecule has 0 N–H and O–H groups in total. The summed E-state index contributed by atoms with van der Waals surface area (Å²) in [6, 6.07) is 12.9. The van der Waals surface area contributed by atoms with Gasteiger partial charge in [-0.2, -0.15) is 0 Å². The number of rotatable bonds is 7. The Kier molecular flexibility index (Phi) is 6.08. The normalized spacial score (nSPS) is 12.7. The van der Waals surface area contributed by atoms with Crippen LogP contribution in [0.2, 0.25) is 0 Å². The van der Waals surface area contributed by atoms with Crippen molar-refractivity contribution in [1.29, 1.82) is 0 Å². The number of hydrogen-bond donors (Lipinski definition) is 0. The van der Waals surface area contributed by atoms with Crippen molar-refractivity contribution in [2.45, 2.75) is 60.9 Å². The van der Waals surface area contributed by atoms with Crippen LogP contribution in [-0.4, -0.2) is 18.5 Å². The van der Waals surface area contributed by atoms with Gasteiger partial charge in [-0.1, -0.05) is 6.92 Å². The van der Waals surface area contributed by atoms with Crippen molar-refractivity contribution in [1.82, 2.24) is 0 Å². The molecule has 2 rings (SSSR count). The molecule has 0 fully saturated rings. The summed E-state index contributed by atoms with van der Waals surface area (Å²) >= 11 is 3.39. The molecule has 0 saturated carbocycles. The molecule has 0 unspecified atom stereocenters. The molecule has 6 heteroatoms. The van der Waals surface area contributed by atoms with Gasteiger partial charge in [-0.05, 0) is 98.6 Å². The van der Waals surface area contributed by atoms with E-state index in [1.165, 1.54) is 0 Å². The lowest BCUT2D eigenvalue weighted by atomic mass is 10.1. The first kappa shape index (κ1) is 20.8. The van der Waals surface area contributed by atoms with E-state index in [1.54, 1.807) is 48.5 Å². The van der Waals surface area contributed by atoms with E-state index in [0.717, 1.165) is 6.42 Å². The van der Waals surface area contributed by atoms with E-state index in [-0.39, 0.29) is 15.4 Å². The third-order valence-electron chi connectivity index (χ3n) is 3.87. The number of alkyl halides is 1. The summed E-state index contributed by atoms with van der Waals surface area (Å²) in [5.74, 6) is 1.25. The molecule has 0 aliphatic rings. The molecule has 0 aliphatic heterocycles. The van der Waals surface area contributed by atoms with Gasteiger partial charge < -0.3 is 9.47 Å². The summed E-state index contributed by atoms with van der Waals surface area (Å²) in [7, 11) is -3.59. The molecule has 0 heterocycles. The van der Waals surface area contributed by atoms with Crippen molar-refractivity contribution in [3.63, 3.8) is 0 Å². The van der Waals surface area contributed by atoms with Crippen LogP contribution in [0.4, 0.5) is 0 Å². The Morgan fingerprint density at radius 1 is 0.808 bits per heavy atom. The Balaban J connectivity index is 2.22. The van der Waals surface area contributed by atoms with Crippen LogP contribution in [0, 0.1) is 0 Å². The van der Waals surface area contributed by atoms with Gasteiger partial charge in [0, 0.05) is 0 Å². The molecular formula is C20H25BrO4S. The molecule has 0 saturated heterocycles. The smallest absolute Gasteiger partial charge is 0.206 e. The quantitative estimate of drug-likeness (QED) is 0.525. The molecule has 0 spiro atoms. The molecule has 0 amide bonds. The highest BCUT2D eigenvalue weighted by molar-refractivity contribution is 9.10. The second kappa shape index (κ2) is 7.61. The number of sulfone groups is 1. The van der Waals surface area contributed by atoms with E-state index in [2.05, 4.69) is 15.9 Å². The predicted molar refractivity (Wildman–Crippen MR) is 107 cm³/mol. The van der Waals surface area contributed by atoms with Crippen LogP contribution >= 0.6 is 15.9 Å². The van der Waals surface area contributed by atoms with Crippen LogP contribution in [0.3, 0.4) is 0 Å². The minimum atomic E-state index is -3.59. The molecular weight excluding hydrogens is 416 g/mol. The van der Waals surface area contributed by atoms with Gasteiger partial charge >= 0.3 is 0 Å². The van der Waals surface area contributed by atoms with Gasteiger partial charge in [0.25, 0.3) is 0 Å². The first-order chi connectivity index (χ1) is 11.9. The van der Waals surface area contributed by atoms with Crippen molar-refractivity contribution in [2.24, 2.45) is 0 Å². The minimum absolute atomic E-state index is 0.222. The van der Waals surface area contributed by atoms with Crippen LogP contribution < -0.4 is 9.47 Å². The highest BCUT2D eigenvalue weighted by Gasteiger charge is 2.21. The molecule has 0 radical (unpaired) electrons. The second-order valence-electron chi connectivity index (χ2n) is 7.13. The van der Waals surface area contributed by atoms with Gasteiger partial charge in [0.2, 0.25) is 9.84 Å². The highest BCUT2D eigenvalue weighted by atomic mass is 79.9. The van der Waals surface area contributed by atoms with E-state index in [9.17, 15) is 8.42 Å². The summed E-state index contributed by atoms with van der Waals surface area (Å²) in [4.78, 5) is 0.452. The third-order valence-corrected chi connectivity index (χ3v) is 5.82. The van der Waals surface area contributed by atoms with Crippen LogP contribution in [0.1, 0.15) is 41.0 Å². The third kappa shape index (κ3) is 5.48. The summed E-state index contributed by atoms with van der Waals surface area (Å²) < 4.78 is 36.6. The Morgan fingerprint density at radius 2 is 1.19 bits per heavy atom. The lowest BCUT2D eigenvalue weighted by Gasteiger charge is -2.24. The molecule has 142 valence electrons. The highest BCUT2D eigenvalue weighted by Crippen LogP contribution is 2.28. The standard InChI is InChI=1S/C20H25BrO4S/c1-6-19(2,3)24-15-7-11-17(12-8-15)26(22,23)18-13-9-16(10-14-18)25-20(4,5)21/h7-14H,6H2,1-5H3. The molecule has 0 aromatic heterocycles. The first-order valence-electron chi connectivity index (χ1n) is 8.45. The van der Waals surface area contributed by atoms with E-state index < -0.39 is 14.3 Å². The molecule has 0 bridgehead atoms. The monoisotopic (exact) mass is 440 g/mol. The summed E-state index contributed by atoms with van der Waals surface area (Å²) in [5.41, 5.74) is -0.292. The van der Waals surface area contributed by atoms with Crippen molar-refractivity contribution in [3.05, 3.63) is 48.5 Å². The fourth-order valence-corrected chi connectivity index (χ4v) is 3.63. The first-order valence-corrected chi connectivity index (χ1v) is 10.7. The summed E-state index contributed by atoms with van der Waals surface area (Å²) in [6.07, 6.45) is 0.854. The lowest BCUT2D eigenvalue weighted by molar-refractivity contribution is 0.105. The molecule has 26 heavy (non-hydrogen) atoms. The van der Waals surface area contributed by atoms with E-state index >= 15 is 0 Å². The fourth-order valence-electron chi connectivity index (χ4n) is 2.18. The fraction of sp³-hybridized carbons (Fsp3) is 0.400. The van der Waals surface area contributed by atoms with Crippen LogP contribution in [0.5, 0.6) is 11.5 Å². The van der Waals surface area contributed by atoms with Crippen molar-refractivity contribution in [3.8, 4) is 11.5 Å². The average molecular weight is 441 g/mol. The van der Waals surface area contributed by atoms with Gasteiger partial charge in [-0.15, -0.1) is 0 Å². The summed E-state index contributed by atoms with van der Waals surface area (Å²) in [6.45, 7) is 9.76. The number of ether oxygens (including phenoxy) is 2. The number of benzene rings is 2. The topological polar surface area (TPSA) is 52.6 Å². The van der Waals surface area contributed by atoms with Gasteiger partial charge in [-0.3, -0.25) is 0 Å². The van der Waals surface area contributed by atoms with Crippen molar-refractivity contribution < 1.29 is 17.9 Å². The van der Waals surface area contributed by atoms with Gasteiger partial charge in [0.1, 0.15) is 17.1 Å². The van der Waals surface area contributed by atoms with Crippen LogP contribution in [0.15, 0.2) is 58.3 Å². The van der Waals surface area contributed by atoms with Crippen LogP contribution in [0.25, 0.3) is 0 Å². The van der Waals surface area contributed by atoms with E-state index in [4.69, 9.17) is 9.47 Å². The van der Waals surface area contributed by atoms with Crippen LogP contribution in [-0.2, 0) is 9.84 Å². The Bertz CT molecular complexity index is 833. The zero-order valence-electron chi connectivity index (χ0n) is 15.7. The molecule has 4 nitrogen and oxygen atoms in total. The van der Waals surface area contributed by atoms with Gasteiger partial charge in [0.15, 0.2) is 4.51 Å². The lowest BCUT2D eigenvalue weighted by Crippen LogP contribution is -2.26. The summed E-state index contributed by atoms with van der Waals surface area (Å²) in [5, 5.41) is 0. The SMILES string of the molecule is CCC(C)(C)Oc1ccc(S(=O)(=O)c2ccc(OC(C)(C)Br)cc2)cc1. The van der Waals surface area contributed by atoms with Gasteiger partial charge in [0.05, 0.1) is 9.79 Å². The maximum absolute atomic E-state index is 12.8. The maximum Gasteiger partial charge on any atom is 0.206 e. The van der Waals surface area contributed by atoms with Gasteiger partial charge in [-0.25, -0.2) is 8.42 Å². The molecule has 0 atom stereocenters. The minimum Gasteiger partial charge on any atom is -0.488 e. The predicted octanol–water partition coefficient (Wildman–Crippen LogP) is 5.60. The van der Waals surface area contributed by atoms with Crippen molar-refractivity contribution >= 4 is 25.8 Å². The zero-order chi connectivity index (χ0) is 19.6. The van der Waals surface area contributed by atoms with E-state index in [0.29, 0.717) is 11.5 Å². The Labute approximate surface area is 164 Å². The number of hydrogen-bond acceptors (Lipinski definition) is 4. The van der Waals surface area contributed by atoms with Crippen molar-refractivity contribution in [2.75, 3.05) is 0 Å². The molecule has 0 aliphatic carbocycles. The second-order valence-corrected chi connectivity index (χ2v) is 11.0. The largest absolute Gasteiger partial charge is 0.488 e.